The molecule has 0 heterocycles. The van der Waals surface area contributed by atoms with Crippen molar-refractivity contribution in [2.24, 2.45) is 0 Å². The molecule has 0 bridgehead atoms. The highest BCUT2D eigenvalue weighted by Crippen LogP contribution is 2.19. The molecule has 0 saturated heterocycles. The Hall–Kier alpha value is -2.48. The average molecular weight is 414 g/mol. The zero-order chi connectivity index (χ0) is 20.1. The topological polar surface area (TPSA) is 80.3 Å². The van der Waals surface area contributed by atoms with Crippen molar-refractivity contribution in [1.82, 2.24) is 4.72 Å². The molecule has 0 amide bonds. The lowest BCUT2D eigenvalue weighted by atomic mass is 10.1. The Bertz CT molecular complexity index is 1120. The lowest BCUT2D eigenvalue weighted by Gasteiger charge is -2.10. The van der Waals surface area contributed by atoms with Gasteiger partial charge >= 0.3 is 0 Å². The second-order valence-electron chi connectivity index (χ2n) is 6.19. The SMILES string of the molecule is CC(=O)SCC(=O)c1ccc(S(=O)(=O)NCc2cccc3ccccc23)cc1. The highest BCUT2D eigenvalue weighted by molar-refractivity contribution is 8.14. The van der Waals surface area contributed by atoms with Crippen molar-refractivity contribution in [1.29, 1.82) is 0 Å². The van der Waals surface area contributed by atoms with Gasteiger partial charge in [0, 0.05) is 19.0 Å². The third-order valence-electron chi connectivity index (χ3n) is 4.23. The number of rotatable bonds is 7. The minimum atomic E-state index is -3.72. The van der Waals surface area contributed by atoms with Crippen LogP contribution in [0.5, 0.6) is 0 Å². The molecule has 1 N–H and O–H groups in total. The summed E-state index contributed by atoms with van der Waals surface area (Å²) in [5.41, 5.74) is 1.26. The molecule has 3 rings (SSSR count). The fraction of sp³-hybridized carbons (Fsp3) is 0.143. The lowest BCUT2D eigenvalue weighted by Crippen LogP contribution is -2.23. The summed E-state index contributed by atoms with van der Waals surface area (Å²) in [5, 5.41) is 1.91. The summed E-state index contributed by atoms with van der Waals surface area (Å²) < 4.78 is 27.8. The van der Waals surface area contributed by atoms with Gasteiger partial charge in [-0.15, -0.1) is 0 Å². The van der Waals surface area contributed by atoms with E-state index in [1.54, 1.807) is 0 Å². The first kappa shape index (κ1) is 20.3. The summed E-state index contributed by atoms with van der Waals surface area (Å²) in [6.45, 7) is 1.56. The Labute approximate surface area is 168 Å². The van der Waals surface area contributed by atoms with Gasteiger partial charge in [-0.25, -0.2) is 13.1 Å². The van der Waals surface area contributed by atoms with Crippen LogP contribution in [-0.2, 0) is 21.4 Å². The highest BCUT2D eigenvalue weighted by Gasteiger charge is 2.16. The Morgan fingerprint density at radius 3 is 2.32 bits per heavy atom. The Kier molecular flexibility index (Phi) is 6.28. The van der Waals surface area contributed by atoms with E-state index in [1.165, 1.54) is 31.2 Å². The van der Waals surface area contributed by atoms with E-state index in [0.29, 0.717) is 5.56 Å². The molecule has 3 aromatic carbocycles. The van der Waals surface area contributed by atoms with E-state index in [9.17, 15) is 18.0 Å². The number of fused-ring (bicyclic) bond motifs is 1. The molecule has 0 spiro atoms. The van der Waals surface area contributed by atoms with E-state index in [1.807, 2.05) is 42.5 Å². The van der Waals surface area contributed by atoms with Crippen LogP contribution in [0.15, 0.2) is 71.6 Å². The number of thioether (sulfide) groups is 1. The quantitative estimate of drug-likeness (QED) is 0.596. The van der Waals surface area contributed by atoms with Crippen LogP contribution in [0.25, 0.3) is 10.8 Å². The number of benzene rings is 3. The molecule has 0 aromatic heterocycles. The second kappa shape index (κ2) is 8.68. The highest BCUT2D eigenvalue weighted by atomic mass is 32.2. The normalized spacial score (nSPS) is 11.5. The smallest absolute Gasteiger partial charge is 0.240 e. The number of sulfonamides is 1. The van der Waals surface area contributed by atoms with Crippen molar-refractivity contribution in [3.63, 3.8) is 0 Å². The van der Waals surface area contributed by atoms with Gasteiger partial charge in [-0.05, 0) is 28.5 Å². The zero-order valence-corrected chi connectivity index (χ0v) is 16.8. The van der Waals surface area contributed by atoms with Crippen molar-refractivity contribution in [2.45, 2.75) is 18.4 Å². The van der Waals surface area contributed by atoms with E-state index in [2.05, 4.69) is 4.72 Å². The minimum Gasteiger partial charge on any atom is -0.293 e. The first-order chi connectivity index (χ1) is 13.4. The van der Waals surface area contributed by atoms with Gasteiger partial charge < -0.3 is 0 Å². The van der Waals surface area contributed by atoms with Crippen LogP contribution < -0.4 is 4.72 Å². The van der Waals surface area contributed by atoms with Gasteiger partial charge in [0.2, 0.25) is 10.0 Å². The second-order valence-corrected chi connectivity index (χ2v) is 9.11. The Morgan fingerprint density at radius 1 is 0.929 bits per heavy atom. The van der Waals surface area contributed by atoms with Gasteiger partial charge in [0.05, 0.1) is 10.6 Å². The summed E-state index contributed by atoms with van der Waals surface area (Å²) in [6.07, 6.45) is 0. The van der Waals surface area contributed by atoms with Gasteiger partial charge in [0.15, 0.2) is 10.9 Å². The molecule has 0 aliphatic carbocycles. The molecule has 0 unspecified atom stereocenters. The largest absolute Gasteiger partial charge is 0.293 e. The lowest BCUT2D eigenvalue weighted by molar-refractivity contribution is -0.109. The van der Waals surface area contributed by atoms with Gasteiger partial charge in [0.25, 0.3) is 0 Å². The molecule has 0 fully saturated rings. The van der Waals surface area contributed by atoms with Crippen molar-refractivity contribution in [2.75, 3.05) is 5.75 Å². The summed E-state index contributed by atoms with van der Waals surface area (Å²) >= 11 is 0.932. The monoisotopic (exact) mass is 413 g/mol. The third-order valence-corrected chi connectivity index (χ3v) is 6.46. The van der Waals surface area contributed by atoms with Crippen LogP contribution >= 0.6 is 11.8 Å². The summed E-state index contributed by atoms with van der Waals surface area (Å²) in [6, 6.07) is 19.3. The summed E-state index contributed by atoms with van der Waals surface area (Å²) in [7, 11) is -3.72. The molecule has 5 nitrogen and oxygen atoms in total. The van der Waals surface area contributed by atoms with Crippen molar-refractivity contribution in [3.05, 3.63) is 77.9 Å². The molecule has 0 aliphatic rings. The van der Waals surface area contributed by atoms with Gasteiger partial charge in [0.1, 0.15) is 0 Å². The van der Waals surface area contributed by atoms with Gasteiger partial charge in [-0.2, -0.15) is 0 Å². The molecule has 28 heavy (non-hydrogen) atoms. The van der Waals surface area contributed by atoms with Crippen LogP contribution in [0.1, 0.15) is 22.8 Å². The fourth-order valence-corrected chi connectivity index (χ4v) is 4.28. The summed E-state index contributed by atoms with van der Waals surface area (Å²) in [4.78, 5) is 23.1. The summed E-state index contributed by atoms with van der Waals surface area (Å²) in [5.74, 6) is -0.173. The number of hydrogen-bond acceptors (Lipinski definition) is 5. The van der Waals surface area contributed by atoms with Crippen LogP contribution in [0, 0.1) is 0 Å². The van der Waals surface area contributed by atoms with Crippen molar-refractivity contribution < 1.29 is 18.0 Å². The molecule has 0 saturated carbocycles. The third kappa shape index (κ3) is 4.86. The first-order valence-corrected chi connectivity index (χ1v) is 11.1. The maximum atomic E-state index is 12.6. The molecule has 0 radical (unpaired) electrons. The molecular formula is C21H19NO4S2. The number of hydrogen-bond donors (Lipinski definition) is 1. The number of nitrogens with one attached hydrogen (secondary N) is 1. The van der Waals surface area contributed by atoms with Crippen LogP contribution in [0.4, 0.5) is 0 Å². The molecule has 7 heteroatoms. The van der Waals surface area contributed by atoms with E-state index >= 15 is 0 Å². The predicted octanol–water partition coefficient (Wildman–Crippen LogP) is 3.78. The number of Topliss-reactive ketones (excluding diaryl/α,β-unsaturated/α-hetero) is 1. The van der Waals surface area contributed by atoms with Crippen LogP contribution in [0.2, 0.25) is 0 Å². The number of carbonyl (C=O) groups is 2. The van der Waals surface area contributed by atoms with Crippen molar-refractivity contribution >= 4 is 43.5 Å². The van der Waals surface area contributed by atoms with Crippen molar-refractivity contribution in [3.8, 4) is 0 Å². The first-order valence-electron chi connectivity index (χ1n) is 8.60. The predicted molar refractivity (Wildman–Crippen MR) is 112 cm³/mol. The molecule has 0 aliphatic heterocycles. The maximum absolute atomic E-state index is 12.6. The molecule has 3 aromatic rings. The van der Waals surface area contributed by atoms with Crippen LogP contribution in [-0.4, -0.2) is 25.1 Å². The van der Waals surface area contributed by atoms with E-state index < -0.39 is 10.0 Å². The van der Waals surface area contributed by atoms with Crippen LogP contribution in [0.3, 0.4) is 0 Å². The van der Waals surface area contributed by atoms with Gasteiger partial charge in [-0.1, -0.05) is 66.4 Å². The van der Waals surface area contributed by atoms with E-state index in [0.717, 1.165) is 28.1 Å². The molecule has 144 valence electrons. The molecule has 0 atom stereocenters. The average Bonchev–Trinajstić information content (AvgIpc) is 2.70. The minimum absolute atomic E-state index is 0.0424. The fourth-order valence-electron chi connectivity index (χ4n) is 2.77. The maximum Gasteiger partial charge on any atom is 0.240 e. The van der Waals surface area contributed by atoms with E-state index in [4.69, 9.17) is 0 Å². The standard InChI is InChI=1S/C21H19NO4S2/c1-15(23)27-14-21(24)17-9-11-19(12-10-17)28(25,26)22-13-18-7-4-6-16-5-2-3-8-20(16)18/h2-12,22H,13-14H2,1H3. The number of carbonyl (C=O) groups excluding carboxylic acids is 2. The molecular weight excluding hydrogens is 394 g/mol. The Balaban J connectivity index is 1.72. The Morgan fingerprint density at radius 2 is 1.61 bits per heavy atom. The zero-order valence-electron chi connectivity index (χ0n) is 15.2. The number of ketones is 1. The van der Waals surface area contributed by atoms with E-state index in [-0.39, 0.29) is 28.1 Å². The van der Waals surface area contributed by atoms with Gasteiger partial charge in [-0.3, -0.25) is 9.59 Å².